The first-order valence-electron chi connectivity index (χ1n) is 40.1. The average molecular weight is 2330 g/mol. The van der Waals surface area contributed by atoms with Gasteiger partial charge in [0.15, 0.2) is 80.5 Å². The van der Waals surface area contributed by atoms with Crippen molar-refractivity contribution in [3.63, 3.8) is 0 Å². The van der Waals surface area contributed by atoms with Gasteiger partial charge in [-0.3, -0.25) is 24.7 Å². The Kier molecular flexibility index (Phi) is 44.2. The van der Waals surface area contributed by atoms with Crippen molar-refractivity contribution in [2.75, 3.05) is 20.8 Å². The number of benzene rings is 12. The number of methoxy groups -OCH3 is 2. The van der Waals surface area contributed by atoms with E-state index in [1.54, 1.807) is 124 Å². The van der Waals surface area contributed by atoms with E-state index >= 15 is 0 Å². The van der Waals surface area contributed by atoms with E-state index in [4.69, 9.17) is 14.6 Å². The number of pyridine rings is 1. The van der Waals surface area contributed by atoms with E-state index in [1.165, 1.54) is 93.1 Å². The molecule has 0 saturated carbocycles. The summed E-state index contributed by atoms with van der Waals surface area (Å²) in [4.78, 5) is 34.8. The molecule has 2 aliphatic heterocycles. The fraction of sp³-hybridized carbons (Fsp3) is 0.128. The number of halogens is 9. The number of hydrogen-bond donors (Lipinski definition) is 1. The summed E-state index contributed by atoms with van der Waals surface area (Å²) in [5.74, 6) is -2.11. The lowest BCUT2D eigenvalue weighted by Gasteiger charge is -2.11. The van der Waals surface area contributed by atoms with Crippen molar-refractivity contribution >= 4 is 165 Å². The molecule has 2 aliphatic rings. The smallest absolute Gasteiger partial charge is 0.493 e. The van der Waals surface area contributed by atoms with Crippen LogP contribution in [-0.4, -0.2) is 141 Å². The Morgan fingerprint density at radius 1 is 0.407 bits per heavy atom. The number of ketones is 1. The minimum Gasteiger partial charge on any atom is -0.493 e. The number of aryl methyl sites for hydroxylation is 3. The van der Waals surface area contributed by atoms with Gasteiger partial charge >= 0.3 is 115 Å². The predicted molar refractivity (Wildman–Crippen MR) is 514 cm³/mol. The molecule has 15 rings (SSSR count). The quantitative estimate of drug-likeness (QED) is 0.00905. The maximum atomic E-state index is 12.5. The number of Topliss-reactive ketones (excluding diaryl/α,β-unsaturated/α-hetero) is 1. The minimum absolute atomic E-state index is 0.00407. The molecule has 3 heterocycles. The SMILES string of the molecule is C=CCc1ccc(OS(=O)(=O)F)c(OC)c1.CCc1nc(C)ccc1OS(=O)(=O)F.COc1cc(C=O)ccc1OS(=O)(=O)F.Cc1ccc(C(C)C)c(OS(=O)(=O)F)c1.O=C(CO)c1ccc(OS(=O)(=O)F)cc1.O=S(=O)(F)Oc1cc2ccccc2cc1OS(=O)(=O)F.O=S(=O)(F)Oc1cccc2ccccc12.O=S1(=O)Oc2cc3ccccc3cc2O1.O=S1(=O)Oc2ccccc2O1.O=[N+]([O-])c1cccc(OS(=O)(=O)F)c1. The molecule has 1 aromatic heterocycles. The molecule has 64 heteroatoms. The number of nitro benzene ring substituents is 1. The molecular formula is C86H75F9N2O42S11. The standard InChI is InChI=1S/C10H6F2O6S2.C10H11FO4S.C10H7FO3S.C10H13FO3S.C10H6O4S.C8H10FNO3S.2C8H7FO5S.C6H4FNO5S.C6H4O4S/c11-19(13,14)17-9-5-7-3-1-2-4-8(7)6-10(9)18-20(12,15)16;1-3-4-8-5-6-9(10(7-8)14-2)15-16(11,12)13;11-15(12,13)14-10-7-3-5-8-4-1-2-6-9(8)10;1-7(2)9-5-4-8(3)6-10(9)14-15(11,12)13;11-15(12)13-9-5-7-3-1-2-4-8(7)6-10(9)14-15;1-3-7-8(13-14(9,11)12)5-4-6(2)10-7;1-13-8-4-6(5-10)2-3-7(8)14-15(9,11)12;9-15(12,13)14-7-3-1-6(2-4-7)8(11)5-10;7-14(11,12)13-6-3-1-2-5(4-6)8(9)10;7-11(8)9-5-3-1-2-4-6(5)10-11/h1-6H;3,5-7H,1,4H2,2H3;1-7H;4-7H,1-3H3;1-6H;4-5H,3H2,1-2H3;2-5H,1H3;1-4,10H,5H2;1-4H;1-4H. The Bertz CT molecular complexity index is 8300. The van der Waals surface area contributed by atoms with E-state index in [2.05, 4.69) is 65.9 Å². The Labute approximate surface area is 852 Å². The van der Waals surface area contributed by atoms with Gasteiger partial charge in [-0.05, 0) is 198 Å². The van der Waals surface area contributed by atoms with Crippen LogP contribution in [0, 0.1) is 24.0 Å². The van der Waals surface area contributed by atoms with Gasteiger partial charge < -0.3 is 69.0 Å². The molecule has 810 valence electrons. The van der Waals surface area contributed by atoms with Crippen molar-refractivity contribution in [3.8, 4) is 86.2 Å². The van der Waals surface area contributed by atoms with E-state index < -0.39 is 150 Å². The molecule has 150 heavy (non-hydrogen) atoms. The van der Waals surface area contributed by atoms with E-state index in [9.17, 15) is 147 Å². The molecule has 0 spiro atoms. The van der Waals surface area contributed by atoms with Crippen LogP contribution in [0.1, 0.15) is 75.5 Å². The lowest BCUT2D eigenvalue weighted by Crippen LogP contribution is -2.07. The van der Waals surface area contributed by atoms with Crippen LogP contribution in [0.4, 0.5) is 40.7 Å². The van der Waals surface area contributed by atoms with Crippen molar-refractivity contribution < 1.29 is 211 Å². The largest absolute Gasteiger partial charge is 0.501 e. The first kappa shape index (κ1) is 124. The molecule has 0 unspecified atom stereocenters. The summed E-state index contributed by atoms with van der Waals surface area (Å²) >= 11 is 0. The van der Waals surface area contributed by atoms with Gasteiger partial charge in [0.05, 0.1) is 30.9 Å². The van der Waals surface area contributed by atoms with Crippen molar-refractivity contribution in [1.29, 1.82) is 0 Å². The Morgan fingerprint density at radius 3 is 1.23 bits per heavy atom. The molecule has 12 aromatic carbocycles. The van der Waals surface area contributed by atoms with E-state index in [-0.39, 0.29) is 91.7 Å². The summed E-state index contributed by atoms with van der Waals surface area (Å²) in [7, 11) is -51.2. The predicted octanol–water partition coefficient (Wildman–Crippen LogP) is 16.0. The van der Waals surface area contributed by atoms with Crippen LogP contribution in [-0.2, 0) is 128 Å². The Morgan fingerprint density at radius 2 is 0.793 bits per heavy atom. The van der Waals surface area contributed by atoms with E-state index in [0.29, 0.717) is 46.5 Å². The highest BCUT2D eigenvalue weighted by Gasteiger charge is 2.31. The number of fused-ring (bicyclic) bond motifs is 5. The third-order valence-electron chi connectivity index (χ3n) is 17.2. The Balaban J connectivity index is 0.000000255. The molecule has 0 saturated heterocycles. The van der Waals surface area contributed by atoms with Crippen LogP contribution in [0.3, 0.4) is 0 Å². The number of carbonyl (C=O) groups is 2. The lowest BCUT2D eigenvalue weighted by atomic mass is 10.0. The number of hydrogen-bond acceptors (Lipinski definition) is 43. The van der Waals surface area contributed by atoms with Gasteiger partial charge in [0.25, 0.3) is 5.69 Å². The number of nitro groups is 1. The summed E-state index contributed by atoms with van der Waals surface area (Å²) in [5.41, 5.74) is 3.55. The molecule has 0 radical (unpaired) electrons. The Hall–Kier alpha value is -15.2. The van der Waals surface area contributed by atoms with E-state index in [1.807, 2.05) is 44.2 Å². The van der Waals surface area contributed by atoms with Crippen LogP contribution < -0.4 is 63.9 Å². The topological polar surface area (TPSA) is 624 Å². The summed E-state index contributed by atoms with van der Waals surface area (Å²) in [6, 6.07) is 62.2. The zero-order chi connectivity index (χ0) is 113. The molecular weight excluding hydrogens is 2260 g/mol. The number of aldehydes is 1. The number of non-ortho nitro benzene ring substituents is 1. The van der Waals surface area contributed by atoms with Gasteiger partial charge in [-0.15, -0.1) is 23.4 Å². The van der Waals surface area contributed by atoms with Crippen LogP contribution in [0.2, 0.25) is 0 Å². The first-order valence-corrected chi connectivity index (χ1v) is 54.5. The number of allylic oxidation sites excluding steroid dienone is 1. The number of para-hydroxylation sites is 2. The summed E-state index contributed by atoms with van der Waals surface area (Å²) in [6.07, 6.45) is 3.29. The van der Waals surface area contributed by atoms with Gasteiger partial charge in [-0.2, -0.15) is 75.8 Å². The lowest BCUT2D eigenvalue weighted by molar-refractivity contribution is -0.384. The van der Waals surface area contributed by atoms with Crippen LogP contribution in [0.25, 0.3) is 32.3 Å². The zero-order valence-corrected chi connectivity index (χ0v) is 85.8. The molecule has 0 atom stereocenters. The zero-order valence-electron chi connectivity index (χ0n) is 76.8. The first-order chi connectivity index (χ1) is 69.5. The highest BCUT2D eigenvalue weighted by molar-refractivity contribution is 7.84. The fourth-order valence-corrected chi connectivity index (χ4v) is 16.1. The number of carbonyl (C=O) groups excluding carboxylic acids is 2. The van der Waals surface area contributed by atoms with E-state index in [0.717, 1.165) is 81.5 Å². The fourth-order valence-electron chi connectivity index (χ4n) is 11.4. The van der Waals surface area contributed by atoms with Gasteiger partial charge in [0.2, 0.25) is 0 Å². The number of rotatable bonds is 28. The molecule has 13 aromatic rings. The number of nitrogens with zero attached hydrogens (tertiary/aromatic N) is 2. The maximum Gasteiger partial charge on any atom is 0.501 e. The number of aliphatic hydroxyl groups is 1. The highest BCUT2D eigenvalue weighted by Crippen LogP contribution is 2.41. The number of aliphatic hydroxyl groups excluding tert-OH is 1. The second-order valence-corrected chi connectivity index (χ2v) is 39.3. The van der Waals surface area contributed by atoms with Crippen molar-refractivity contribution in [2.45, 2.75) is 53.4 Å². The van der Waals surface area contributed by atoms with Crippen LogP contribution >= 0.6 is 0 Å². The normalized spacial score (nSPS) is 12.4. The molecule has 0 amide bonds. The average Bonchev–Trinajstić information content (AvgIpc) is 1.67. The third-order valence-corrected chi connectivity index (χ3v) is 22.2. The number of ether oxygens (including phenoxy) is 2. The van der Waals surface area contributed by atoms with Crippen molar-refractivity contribution in [2.24, 2.45) is 0 Å². The van der Waals surface area contributed by atoms with Crippen molar-refractivity contribution in [3.05, 3.63) is 317 Å². The second-order valence-electron chi connectivity index (χ2n) is 28.5. The molecule has 0 bridgehead atoms. The number of aromatic nitrogens is 1. The van der Waals surface area contributed by atoms with Crippen molar-refractivity contribution in [1.82, 2.24) is 4.98 Å². The molecule has 0 aliphatic carbocycles. The van der Waals surface area contributed by atoms with Gasteiger partial charge in [-0.1, -0.05) is 183 Å². The maximum absolute atomic E-state index is 12.5. The molecule has 44 nitrogen and oxygen atoms in total. The second kappa shape index (κ2) is 53.6. The molecule has 1 N–H and O–H groups in total. The van der Waals surface area contributed by atoms with Gasteiger partial charge in [0.1, 0.15) is 24.4 Å². The van der Waals surface area contributed by atoms with Crippen LogP contribution in [0.15, 0.2) is 267 Å². The summed E-state index contributed by atoms with van der Waals surface area (Å²) in [5, 5.41) is 22.7. The molecule has 0 fully saturated rings. The summed E-state index contributed by atoms with van der Waals surface area (Å²) in [6.45, 7) is 12.0. The van der Waals surface area contributed by atoms with Crippen LogP contribution in [0.5, 0.6) is 86.2 Å². The van der Waals surface area contributed by atoms with Gasteiger partial charge in [0, 0.05) is 28.3 Å². The highest BCUT2D eigenvalue weighted by atomic mass is 32.3. The third kappa shape index (κ3) is 45.7. The minimum atomic E-state index is -5.42. The monoisotopic (exact) mass is 2330 g/mol. The summed E-state index contributed by atoms with van der Waals surface area (Å²) < 4.78 is 403. The van der Waals surface area contributed by atoms with Gasteiger partial charge in [-0.25, -0.2) is 0 Å².